The van der Waals surface area contributed by atoms with Crippen LogP contribution < -0.4 is 10.4 Å². The fourth-order valence-electron chi connectivity index (χ4n) is 2.43. The maximum atomic E-state index is 9.36. The molecule has 1 aliphatic carbocycles. The van der Waals surface area contributed by atoms with E-state index in [4.69, 9.17) is 0 Å². The van der Waals surface area contributed by atoms with Crippen molar-refractivity contribution in [1.29, 1.82) is 0 Å². The number of rotatable bonds is 1. The molecule has 0 unspecified atom stereocenters. The van der Waals surface area contributed by atoms with Crippen molar-refractivity contribution in [3.63, 3.8) is 0 Å². The van der Waals surface area contributed by atoms with Gasteiger partial charge in [0.25, 0.3) is 0 Å². The Bertz CT molecular complexity index is 653. The zero-order valence-corrected chi connectivity index (χ0v) is 9.11. The van der Waals surface area contributed by atoms with Crippen LogP contribution in [0.4, 0.5) is 0 Å². The molecule has 0 bridgehead atoms. The molecule has 1 aliphatic rings. The van der Waals surface area contributed by atoms with Crippen LogP contribution in [0.1, 0.15) is 12.8 Å². The largest absolute Gasteiger partial charge is 0.392 e. The highest BCUT2D eigenvalue weighted by Gasteiger charge is 2.04. The van der Waals surface area contributed by atoms with Crippen LogP contribution in [-0.2, 0) is 0 Å². The third-order valence-corrected chi connectivity index (χ3v) is 3.30. The average molecular weight is 210 g/mol. The maximum Gasteiger partial charge on any atom is 0.0650 e. The van der Waals surface area contributed by atoms with Crippen LogP contribution in [-0.4, -0.2) is 11.7 Å². The molecule has 16 heavy (non-hydrogen) atoms. The van der Waals surface area contributed by atoms with Crippen molar-refractivity contribution < 1.29 is 5.11 Å². The van der Waals surface area contributed by atoms with Gasteiger partial charge in [-0.05, 0) is 51.8 Å². The van der Waals surface area contributed by atoms with E-state index >= 15 is 0 Å². The zero-order chi connectivity index (χ0) is 11.0. The van der Waals surface area contributed by atoms with Crippen molar-refractivity contribution in [1.82, 2.24) is 0 Å². The predicted molar refractivity (Wildman–Crippen MR) is 67.4 cm³/mol. The van der Waals surface area contributed by atoms with Gasteiger partial charge in [-0.3, -0.25) is 0 Å². The predicted octanol–water partition coefficient (Wildman–Crippen LogP) is 1.56. The first-order chi connectivity index (χ1) is 7.88. The average Bonchev–Trinajstić information content (AvgIpc) is 2.35. The van der Waals surface area contributed by atoms with Gasteiger partial charge in [0.15, 0.2) is 0 Å². The van der Waals surface area contributed by atoms with Crippen LogP contribution in [0.15, 0.2) is 36.4 Å². The molecule has 0 fully saturated rings. The maximum absolute atomic E-state index is 9.36. The van der Waals surface area contributed by atoms with Gasteiger partial charge in [0.1, 0.15) is 0 Å². The summed E-state index contributed by atoms with van der Waals surface area (Å²) in [5.41, 5.74) is 1.17. The summed E-state index contributed by atoms with van der Waals surface area (Å²) in [5, 5.41) is 14.4. The van der Waals surface area contributed by atoms with E-state index in [9.17, 15) is 5.11 Å². The molecule has 80 valence electrons. The molecule has 1 nitrogen and oxygen atoms in total. The third kappa shape index (κ3) is 1.44. The fourth-order valence-corrected chi connectivity index (χ4v) is 2.43. The first-order valence-corrected chi connectivity index (χ1v) is 5.70. The van der Waals surface area contributed by atoms with Crippen molar-refractivity contribution in [3.8, 4) is 0 Å². The molecule has 2 aromatic rings. The van der Waals surface area contributed by atoms with E-state index < -0.39 is 0 Å². The lowest BCUT2D eigenvalue weighted by atomic mass is 9.97. The van der Waals surface area contributed by atoms with E-state index in [-0.39, 0.29) is 6.61 Å². The lowest BCUT2D eigenvalue weighted by Crippen LogP contribution is -2.30. The minimum absolute atomic E-state index is 0.180. The third-order valence-electron chi connectivity index (χ3n) is 3.30. The molecule has 1 N–H and O–H groups in total. The van der Waals surface area contributed by atoms with Gasteiger partial charge in [-0.15, -0.1) is 0 Å². The monoisotopic (exact) mass is 210 g/mol. The van der Waals surface area contributed by atoms with Crippen LogP contribution in [0.25, 0.3) is 22.4 Å². The molecule has 0 heterocycles. The van der Waals surface area contributed by atoms with Gasteiger partial charge in [-0.1, -0.05) is 30.3 Å². The van der Waals surface area contributed by atoms with Gasteiger partial charge < -0.3 is 5.11 Å². The van der Waals surface area contributed by atoms with Crippen LogP contribution in [0.2, 0.25) is 0 Å². The highest BCUT2D eigenvalue weighted by atomic mass is 16.3. The van der Waals surface area contributed by atoms with Gasteiger partial charge in [0, 0.05) is 0 Å². The van der Waals surface area contributed by atoms with E-state index in [0.717, 1.165) is 12.8 Å². The second-order valence-corrected chi connectivity index (χ2v) is 4.29. The number of hydrogen-bond acceptors (Lipinski definition) is 1. The standard InChI is InChI=1S/C15H14O/c16-10-14-7-3-6-13-8-11-4-1-2-5-12(11)9-15(13)14/h1-2,4-6,8-9,16H,3,7,10H2. The minimum Gasteiger partial charge on any atom is -0.392 e. The topological polar surface area (TPSA) is 20.2 Å². The molecule has 0 saturated heterocycles. The molecule has 2 aromatic carbocycles. The van der Waals surface area contributed by atoms with Crippen molar-refractivity contribution in [2.75, 3.05) is 6.61 Å². The first kappa shape index (κ1) is 9.61. The van der Waals surface area contributed by atoms with Crippen molar-refractivity contribution in [3.05, 3.63) is 46.8 Å². The minimum atomic E-state index is 0.180. The van der Waals surface area contributed by atoms with E-state index in [1.54, 1.807) is 0 Å². The molecule has 0 aliphatic heterocycles. The summed E-state index contributed by atoms with van der Waals surface area (Å²) in [6.45, 7) is 0.180. The Kier molecular flexibility index (Phi) is 2.26. The summed E-state index contributed by atoms with van der Waals surface area (Å²) in [6, 6.07) is 12.8. The van der Waals surface area contributed by atoms with Crippen LogP contribution in [0.5, 0.6) is 0 Å². The van der Waals surface area contributed by atoms with E-state index in [2.05, 4.69) is 42.5 Å². The molecular weight excluding hydrogens is 196 g/mol. The SMILES string of the molecule is OCC1=c2cc3ccccc3cc2=CCC1. The van der Waals surface area contributed by atoms with Gasteiger partial charge in [0.2, 0.25) is 0 Å². The molecule has 0 aromatic heterocycles. The Hall–Kier alpha value is -1.60. The number of benzene rings is 2. The zero-order valence-electron chi connectivity index (χ0n) is 9.11. The smallest absolute Gasteiger partial charge is 0.0650 e. The molecule has 0 spiro atoms. The second kappa shape index (κ2) is 3.76. The van der Waals surface area contributed by atoms with Crippen LogP contribution in [0.3, 0.4) is 0 Å². The Morgan fingerprint density at radius 2 is 1.81 bits per heavy atom. The number of hydrogen-bond donors (Lipinski definition) is 1. The quantitative estimate of drug-likeness (QED) is 0.757. The molecule has 0 radical (unpaired) electrons. The second-order valence-electron chi connectivity index (χ2n) is 4.29. The summed E-state index contributed by atoms with van der Waals surface area (Å²) < 4.78 is 0. The first-order valence-electron chi connectivity index (χ1n) is 5.70. The van der Waals surface area contributed by atoms with Crippen LogP contribution in [0, 0.1) is 0 Å². The number of aliphatic hydroxyl groups excluding tert-OH is 1. The van der Waals surface area contributed by atoms with E-state index in [1.807, 2.05) is 0 Å². The summed E-state index contributed by atoms with van der Waals surface area (Å²) >= 11 is 0. The van der Waals surface area contributed by atoms with Gasteiger partial charge >= 0.3 is 0 Å². The van der Waals surface area contributed by atoms with Gasteiger partial charge in [-0.2, -0.15) is 0 Å². The Balaban J connectivity index is 2.47. The molecule has 1 heteroatoms. The summed E-state index contributed by atoms with van der Waals surface area (Å²) in [5.74, 6) is 0. The van der Waals surface area contributed by atoms with Gasteiger partial charge in [0.05, 0.1) is 6.61 Å². The molecule has 3 rings (SSSR count). The summed E-state index contributed by atoms with van der Waals surface area (Å²) in [7, 11) is 0. The van der Waals surface area contributed by atoms with E-state index in [0.29, 0.717) is 0 Å². The Labute approximate surface area is 94.3 Å². The Morgan fingerprint density at radius 3 is 2.56 bits per heavy atom. The fraction of sp³-hybridized carbons (Fsp3) is 0.200. The summed E-state index contributed by atoms with van der Waals surface area (Å²) in [4.78, 5) is 0. The van der Waals surface area contributed by atoms with Crippen molar-refractivity contribution >= 4 is 22.4 Å². The van der Waals surface area contributed by atoms with Crippen molar-refractivity contribution in [2.24, 2.45) is 0 Å². The molecule has 0 amide bonds. The Morgan fingerprint density at radius 1 is 1.06 bits per heavy atom. The highest BCUT2D eigenvalue weighted by molar-refractivity contribution is 5.83. The van der Waals surface area contributed by atoms with Crippen molar-refractivity contribution in [2.45, 2.75) is 12.8 Å². The summed E-state index contributed by atoms with van der Waals surface area (Å²) in [6.07, 6.45) is 4.30. The van der Waals surface area contributed by atoms with Crippen LogP contribution >= 0.6 is 0 Å². The normalized spacial score (nSPS) is 14.7. The molecular formula is C15H14O. The highest BCUT2D eigenvalue weighted by Crippen LogP contribution is 2.12. The molecule has 0 atom stereocenters. The number of fused-ring (bicyclic) bond motifs is 2. The lowest BCUT2D eigenvalue weighted by molar-refractivity contribution is 0.345. The molecule has 0 saturated carbocycles. The van der Waals surface area contributed by atoms with Gasteiger partial charge in [-0.25, -0.2) is 0 Å². The lowest BCUT2D eigenvalue weighted by Gasteiger charge is -2.09. The van der Waals surface area contributed by atoms with E-state index in [1.165, 1.54) is 26.8 Å². The number of aliphatic hydroxyl groups is 1.